The maximum Gasteiger partial charge on any atom is 0.249 e. The lowest BCUT2D eigenvalue weighted by molar-refractivity contribution is -0.132. The van der Waals surface area contributed by atoms with Crippen LogP contribution in [0.15, 0.2) is 6.33 Å². The quantitative estimate of drug-likeness (QED) is 0.453. The Bertz CT molecular complexity index is 534. The molecule has 2 heterocycles. The molecule has 1 unspecified atom stereocenters. The summed E-state index contributed by atoms with van der Waals surface area (Å²) in [5.41, 5.74) is 0.0634. The number of imide groups is 1. The van der Waals surface area contributed by atoms with Crippen LogP contribution < -0.4 is 10.2 Å². The van der Waals surface area contributed by atoms with Crippen molar-refractivity contribution in [3.05, 3.63) is 17.0 Å². The van der Waals surface area contributed by atoms with Crippen molar-refractivity contribution in [1.82, 2.24) is 15.3 Å². The summed E-state index contributed by atoms with van der Waals surface area (Å²) >= 11 is 5.77. The Morgan fingerprint density at radius 1 is 1.50 bits per heavy atom. The van der Waals surface area contributed by atoms with Crippen molar-refractivity contribution in [1.29, 1.82) is 0 Å². The highest BCUT2D eigenvalue weighted by Crippen LogP contribution is 2.24. The van der Waals surface area contributed by atoms with Crippen molar-refractivity contribution >= 4 is 35.5 Å². The van der Waals surface area contributed by atoms with Gasteiger partial charge in [-0.15, -0.1) is 0 Å². The van der Waals surface area contributed by atoms with Crippen molar-refractivity contribution in [2.75, 3.05) is 11.4 Å². The number of carbonyl (C=O) groups is 3. The third-order valence-corrected chi connectivity index (χ3v) is 2.93. The van der Waals surface area contributed by atoms with Crippen LogP contribution in [0.2, 0.25) is 5.15 Å². The van der Waals surface area contributed by atoms with Crippen LogP contribution in [0.4, 0.5) is 5.82 Å². The van der Waals surface area contributed by atoms with Crippen LogP contribution in [-0.2, 0) is 9.59 Å². The van der Waals surface area contributed by atoms with E-state index in [4.69, 9.17) is 11.6 Å². The summed E-state index contributed by atoms with van der Waals surface area (Å²) in [5.74, 6) is -0.719. The molecule has 7 nitrogen and oxygen atoms in total. The summed E-state index contributed by atoms with van der Waals surface area (Å²) in [5, 5.41) is 2.18. The van der Waals surface area contributed by atoms with E-state index in [-0.39, 0.29) is 23.1 Å². The average molecular weight is 269 g/mol. The predicted molar refractivity (Wildman–Crippen MR) is 62.4 cm³/mol. The molecule has 0 aromatic carbocycles. The molecule has 1 atom stereocenters. The molecule has 1 fully saturated rings. The summed E-state index contributed by atoms with van der Waals surface area (Å²) in [6.07, 6.45) is 1.68. The SMILES string of the molecule is CC1C(=O)NC(=O)CN1c1ncnc(Cl)c1C=O. The van der Waals surface area contributed by atoms with Crippen molar-refractivity contribution < 1.29 is 14.4 Å². The fraction of sp³-hybridized carbons (Fsp3) is 0.300. The van der Waals surface area contributed by atoms with Crippen LogP contribution in [0.1, 0.15) is 17.3 Å². The molecule has 1 aromatic heterocycles. The number of piperazine rings is 1. The number of aldehydes is 1. The predicted octanol–water partition coefficient (Wildman–Crippen LogP) is -0.206. The Balaban J connectivity index is 2.47. The smallest absolute Gasteiger partial charge is 0.249 e. The Hall–Kier alpha value is -2.02. The lowest BCUT2D eigenvalue weighted by Gasteiger charge is -2.33. The van der Waals surface area contributed by atoms with Gasteiger partial charge < -0.3 is 4.90 Å². The molecule has 1 aliphatic heterocycles. The van der Waals surface area contributed by atoms with Gasteiger partial charge in [-0.05, 0) is 6.92 Å². The van der Waals surface area contributed by atoms with E-state index < -0.39 is 17.9 Å². The zero-order chi connectivity index (χ0) is 13.3. The minimum absolute atomic E-state index is 0.0133. The summed E-state index contributed by atoms with van der Waals surface area (Å²) in [6.45, 7) is 1.54. The van der Waals surface area contributed by atoms with Gasteiger partial charge in [0.15, 0.2) is 6.29 Å². The Morgan fingerprint density at radius 3 is 2.89 bits per heavy atom. The fourth-order valence-electron chi connectivity index (χ4n) is 1.67. The lowest BCUT2D eigenvalue weighted by atomic mass is 10.2. The summed E-state index contributed by atoms with van der Waals surface area (Å²) < 4.78 is 0. The highest BCUT2D eigenvalue weighted by atomic mass is 35.5. The largest absolute Gasteiger partial charge is 0.335 e. The van der Waals surface area contributed by atoms with Gasteiger partial charge in [-0.2, -0.15) is 0 Å². The Kier molecular flexibility index (Phi) is 3.24. The van der Waals surface area contributed by atoms with Crippen molar-refractivity contribution in [3.8, 4) is 0 Å². The van der Waals surface area contributed by atoms with E-state index in [0.29, 0.717) is 6.29 Å². The first-order valence-corrected chi connectivity index (χ1v) is 5.48. The second-order valence-electron chi connectivity index (χ2n) is 3.74. The van der Waals surface area contributed by atoms with Gasteiger partial charge in [0, 0.05) is 0 Å². The third-order valence-electron chi connectivity index (χ3n) is 2.63. The van der Waals surface area contributed by atoms with Gasteiger partial charge in [0.1, 0.15) is 23.3 Å². The topological polar surface area (TPSA) is 92.3 Å². The van der Waals surface area contributed by atoms with Gasteiger partial charge in [0.25, 0.3) is 0 Å². The standard InChI is InChI=1S/C10H9ClN4O3/c1-5-10(18)14-7(17)2-15(5)9-6(3-16)8(11)12-4-13-9/h3-5H,2H2,1H3,(H,14,17,18). The molecule has 1 aliphatic rings. The molecule has 8 heteroatoms. The van der Waals surface area contributed by atoms with Gasteiger partial charge in [-0.1, -0.05) is 11.6 Å². The number of rotatable bonds is 2. The molecule has 18 heavy (non-hydrogen) atoms. The van der Waals surface area contributed by atoms with Crippen LogP contribution in [0.3, 0.4) is 0 Å². The van der Waals surface area contributed by atoms with Crippen LogP contribution in [0.25, 0.3) is 0 Å². The van der Waals surface area contributed by atoms with E-state index in [1.165, 1.54) is 11.2 Å². The van der Waals surface area contributed by atoms with Crippen LogP contribution in [0, 0.1) is 0 Å². The number of halogens is 1. The molecule has 94 valence electrons. The molecule has 1 N–H and O–H groups in total. The van der Waals surface area contributed by atoms with Crippen LogP contribution in [0.5, 0.6) is 0 Å². The zero-order valence-corrected chi connectivity index (χ0v) is 10.1. The molecule has 0 aliphatic carbocycles. The summed E-state index contributed by atoms with van der Waals surface area (Å²) in [4.78, 5) is 42.9. The van der Waals surface area contributed by atoms with Gasteiger partial charge in [0.05, 0.1) is 12.1 Å². The fourth-order valence-corrected chi connectivity index (χ4v) is 1.84. The Labute approximate surface area is 107 Å². The van der Waals surface area contributed by atoms with E-state index in [0.717, 1.165) is 0 Å². The van der Waals surface area contributed by atoms with Gasteiger partial charge in [0.2, 0.25) is 11.8 Å². The van der Waals surface area contributed by atoms with Crippen LogP contribution in [-0.4, -0.2) is 40.7 Å². The first-order chi connectivity index (χ1) is 8.54. The maximum absolute atomic E-state index is 11.5. The van der Waals surface area contributed by atoms with E-state index in [9.17, 15) is 14.4 Å². The second kappa shape index (κ2) is 4.69. The number of hydrogen-bond donors (Lipinski definition) is 1. The lowest BCUT2D eigenvalue weighted by Crippen LogP contribution is -2.57. The van der Waals surface area contributed by atoms with Crippen molar-refractivity contribution in [2.24, 2.45) is 0 Å². The third kappa shape index (κ3) is 2.04. The minimum atomic E-state index is -0.618. The number of aromatic nitrogens is 2. The first kappa shape index (κ1) is 12.4. The number of hydrogen-bond acceptors (Lipinski definition) is 6. The monoisotopic (exact) mass is 268 g/mol. The second-order valence-corrected chi connectivity index (χ2v) is 4.09. The molecule has 2 amide bonds. The number of anilines is 1. The van der Waals surface area contributed by atoms with E-state index in [1.807, 2.05) is 0 Å². The summed E-state index contributed by atoms with van der Waals surface area (Å²) in [7, 11) is 0. The zero-order valence-electron chi connectivity index (χ0n) is 9.38. The van der Waals surface area contributed by atoms with E-state index in [1.54, 1.807) is 6.92 Å². The average Bonchev–Trinajstić information content (AvgIpc) is 2.33. The van der Waals surface area contributed by atoms with Gasteiger partial charge in [-0.25, -0.2) is 9.97 Å². The van der Waals surface area contributed by atoms with Gasteiger partial charge >= 0.3 is 0 Å². The van der Waals surface area contributed by atoms with Crippen molar-refractivity contribution in [3.63, 3.8) is 0 Å². The van der Waals surface area contributed by atoms with Crippen LogP contribution >= 0.6 is 11.6 Å². The first-order valence-electron chi connectivity index (χ1n) is 5.10. The molecule has 2 rings (SSSR count). The number of amides is 2. The van der Waals surface area contributed by atoms with E-state index in [2.05, 4.69) is 15.3 Å². The van der Waals surface area contributed by atoms with Crippen molar-refractivity contribution in [2.45, 2.75) is 13.0 Å². The van der Waals surface area contributed by atoms with Gasteiger partial charge in [-0.3, -0.25) is 19.7 Å². The van der Waals surface area contributed by atoms with E-state index >= 15 is 0 Å². The molecule has 0 bridgehead atoms. The summed E-state index contributed by atoms with van der Waals surface area (Å²) in [6, 6.07) is -0.618. The number of nitrogens with zero attached hydrogens (tertiary/aromatic N) is 3. The molecule has 1 saturated heterocycles. The minimum Gasteiger partial charge on any atom is -0.335 e. The molecular formula is C10H9ClN4O3. The normalized spacial score (nSPS) is 19.7. The Morgan fingerprint density at radius 2 is 2.22 bits per heavy atom. The molecular weight excluding hydrogens is 260 g/mol. The molecule has 1 aromatic rings. The number of carbonyl (C=O) groups excluding carboxylic acids is 3. The highest BCUT2D eigenvalue weighted by Gasteiger charge is 2.32. The maximum atomic E-state index is 11.5. The number of nitrogens with one attached hydrogen (secondary N) is 1. The molecule has 0 saturated carbocycles. The molecule has 0 spiro atoms. The molecule has 0 radical (unpaired) electrons. The highest BCUT2D eigenvalue weighted by molar-refractivity contribution is 6.32.